The Hall–Kier alpha value is -3.01. The molecular formula is C21H20Cl2FN7O. The third kappa shape index (κ3) is 4.06. The molecule has 0 amide bonds. The van der Waals surface area contributed by atoms with Gasteiger partial charge in [0.05, 0.1) is 22.1 Å². The van der Waals surface area contributed by atoms with E-state index in [0.29, 0.717) is 44.6 Å². The van der Waals surface area contributed by atoms with Crippen molar-refractivity contribution in [1.82, 2.24) is 29.5 Å². The zero-order valence-corrected chi connectivity index (χ0v) is 19.2. The van der Waals surface area contributed by atoms with Gasteiger partial charge in [0.25, 0.3) is 0 Å². The normalized spacial score (nSPS) is 11.8. The standard InChI is InChI=1S/C21H20Cl2FN7O/c1-11-16(22)19(21(2,3)32)31(28-11)15-9-14(25-10-26-15)27-20-17(23)18(30(4)29-20)12-5-7-13(24)8-6-12/h5-10,32H,1-4H3,(H,25,26,27,29). The van der Waals surface area contributed by atoms with Crippen molar-refractivity contribution in [2.45, 2.75) is 26.4 Å². The van der Waals surface area contributed by atoms with Gasteiger partial charge in [-0.25, -0.2) is 19.0 Å². The van der Waals surface area contributed by atoms with Crippen LogP contribution in [-0.4, -0.2) is 34.6 Å². The van der Waals surface area contributed by atoms with Crippen molar-refractivity contribution in [1.29, 1.82) is 0 Å². The van der Waals surface area contributed by atoms with Crippen LogP contribution in [0.2, 0.25) is 10.0 Å². The van der Waals surface area contributed by atoms with Crippen molar-refractivity contribution in [2.24, 2.45) is 7.05 Å². The molecule has 4 rings (SSSR count). The predicted octanol–water partition coefficient (Wildman–Crippen LogP) is 4.79. The van der Waals surface area contributed by atoms with Gasteiger partial charge in [0.1, 0.15) is 28.6 Å². The van der Waals surface area contributed by atoms with Crippen LogP contribution < -0.4 is 5.32 Å². The second-order valence-corrected chi connectivity index (χ2v) is 8.50. The summed E-state index contributed by atoms with van der Waals surface area (Å²) in [4.78, 5) is 8.50. The van der Waals surface area contributed by atoms with Gasteiger partial charge in [0, 0.05) is 18.7 Å². The topological polar surface area (TPSA) is 93.7 Å². The number of hydrogen-bond acceptors (Lipinski definition) is 6. The number of halogens is 3. The third-order valence-electron chi connectivity index (χ3n) is 4.79. The zero-order chi connectivity index (χ0) is 23.2. The van der Waals surface area contributed by atoms with Gasteiger partial charge in [-0.3, -0.25) is 4.68 Å². The lowest BCUT2D eigenvalue weighted by molar-refractivity contribution is 0.0711. The van der Waals surface area contributed by atoms with Gasteiger partial charge >= 0.3 is 0 Å². The van der Waals surface area contributed by atoms with Crippen LogP contribution in [0.3, 0.4) is 0 Å². The minimum Gasteiger partial charge on any atom is -0.384 e. The Morgan fingerprint density at radius 2 is 1.75 bits per heavy atom. The summed E-state index contributed by atoms with van der Waals surface area (Å²) in [7, 11) is 1.74. The van der Waals surface area contributed by atoms with E-state index < -0.39 is 5.60 Å². The monoisotopic (exact) mass is 475 g/mol. The average molecular weight is 476 g/mol. The van der Waals surface area contributed by atoms with Crippen LogP contribution in [0.5, 0.6) is 0 Å². The third-order valence-corrected chi connectivity index (χ3v) is 5.60. The molecule has 0 saturated heterocycles. The number of anilines is 2. The lowest BCUT2D eigenvalue weighted by Crippen LogP contribution is -2.21. The van der Waals surface area contributed by atoms with Crippen molar-refractivity contribution < 1.29 is 9.50 Å². The fourth-order valence-electron chi connectivity index (χ4n) is 3.35. The van der Waals surface area contributed by atoms with Gasteiger partial charge in [0.2, 0.25) is 0 Å². The predicted molar refractivity (Wildman–Crippen MR) is 121 cm³/mol. The molecule has 0 bridgehead atoms. The number of rotatable bonds is 5. The molecule has 8 nitrogen and oxygen atoms in total. The molecule has 0 atom stereocenters. The van der Waals surface area contributed by atoms with E-state index in [2.05, 4.69) is 25.5 Å². The van der Waals surface area contributed by atoms with E-state index in [0.717, 1.165) is 5.56 Å². The number of hydrogen-bond donors (Lipinski definition) is 2. The lowest BCUT2D eigenvalue weighted by Gasteiger charge is -2.19. The van der Waals surface area contributed by atoms with E-state index in [4.69, 9.17) is 23.2 Å². The van der Waals surface area contributed by atoms with Crippen LogP contribution in [0.15, 0.2) is 36.7 Å². The first kappa shape index (κ1) is 22.2. The van der Waals surface area contributed by atoms with E-state index in [1.165, 1.54) is 23.1 Å². The van der Waals surface area contributed by atoms with Crippen LogP contribution in [0.25, 0.3) is 17.1 Å². The smallest absolute Gasteiger partial charge is 0.173 e. The highest BCUT2D eigenvalue weighted by Gasteiger charge is 2.28. The van der Waals surface area contributed by atoms with Gasteiger partial charge < -0.3 is 10.4 Å². The van der Waals surface area contributed by atoms with Crippen molar-refractivity contribution >= 4 is 34.8 Å². The first-order valence-electron chi connectivity index (χ1n) is 9.62. The largest absolute Gasteiger partial charge is 0.384 e. The van der Waals surface area contributed by atoms with Gasteiger partial charge in [-0.1, -0.05) is 23.2 Å². The Labute approximate surface area is 193 Å². The van der Waals surface area contributed by atoms with E-state index in [9.17, 15) is 9.50 Å². The molecule has 3 aromatic heterocycles. The summed E-state index contributed by atoms with van der Waals surface area (Å²) in [5.41, 5.74) is 1.08. The molecule has 11 heteroatoms. The number of aromatic nitrogens is 6. The van der Waals surface area contributed by atoms with Crippen molar-refractivity contribution in [3.63, 3.8) is 0 Å². The maximum atomic E-state index is 13.3. The SMILES string of the molecule is Cc1nn(-c2cc(Nc3nn(C)c(-c4ccc(F)cc4)c3Cl)ncn2)c(C(C)(C)O)c1Cl. The van der Waals surface area contributed by atoms with Gasteiger partial charge in [-0.15, -0.1) is 0 Å². The highest BCUT2D eigenvalue weighted by atomic mass is 35.5. The second kappa shape index (κ2) is 8.16. The quantitative estimate of drug-likeness (QED) is 0.430. The molecule has 0 unspecified atom stereocenters. The fraction of sp³-hybridized carbons (Fsp3) is 0.238. The van der Waals surface area contributed by atoms with Gasteiger partial charge in [-0.2, -0.15) is 10.2 Å². The van der Waals surface area contributed by atoms with Crippen molar-refractivity contribution in [3.05, 3.63) is 63.9 Å². The Bertz CT molecular complexity index is 1290. The molecule has 0 fully saturated rings. The number of aryl methyl sites for hydroxylation is 2. The second-order valence-electron chi connectivity index (χ2n) is 7.75. The molecule has 0 aliphatic heterocycles. The minimum atomic E-state index is -1.24. The van der Waals surface area contributed by atoms with E-state index in [1.807, 2.05) is 0 Å². The zero-order valence-electron chi connectivity index (χ0n) is 17.7. The Balaban J connectivity index is 1.71. The molecule has 2 N–H and O–H groups in total. The molecule has 0 aliphatic carbocycles. The highest BCUT2D eigenvalue weighted by molar-refractivity contribution is 6.35. The molecule has 4 aromatic rings. The Morgan fingerprint density at radius 1 is 1.06 bits per heavy atom. The maximum Gasteiger partial charge on any atom is 0.173 e. The molecule has 0 aliphatic rings. The van der Waals surface area contributed by atoms with Crippen molar-refractivity contribution in [2.75, 3.05) is 5.32 Å². The van der Waals surface area contributed by atoms with E-state index >= 15 is 0 Å². The Morgan fingerprint density at radius 3 is 2.41 bits per heavy atom. The van der Waals surface area contributed by atoms with Crippen LogP contribution in [0.1, 0.15) is 25.2 Å². The summed E-state index contributed by atoms with van der Waals surface area (Å²) >= 11 is 12.9. The number of nitrogens with one attached hydrogen (secondary N) is 1. The van der Waals surface area contributed by atoms with Crippen LogP contribution in [0, 0.1) is 12.7 Å². The lowest BCUT2D eigenvalue weighted by atomic mass is 10.1. The number of nitrogens with zero attached hydrogens (tertiary/aromatic N) is 6. The molecular weight excluding hydrogens is 456 g/mol. The van der Waals surface area contributed by atoms with Gasteiger partial charge in [0.15, 0.2) is 11.6 Å². The number of benzene rings is 1. The van der Waals surface area contributed by atoms with Crippen LogP contribution in [0.4, 0.5) is 16.0 Å². The molecule has 0 spiro atoms. The summed E-state index contributed by atoms with van der Waals surface area (Å²) in [5, 5.41) is 23.2. The average Bonchev–Trinajstić information content (AvgIpc) is 3.18. The summed E-state index contributed by atoms with van der Waals surface area (Å²) in [6.07, 6.45) is 1.36. The van der Waals surface area contributed by atoms with Gasteiger partial charge in [-0.05, 0) is 45.0 Å². The maximum absolute atomic E-state index is 13.3. The van der Waals surface area contributed by atoms with Crippen LogP contribution >= 0.6 is 23.2 Å². The van der Waals surface area contributed by atoms with E-state index in [-0.39, 0.29) is 5.82 Å². The van der Waals surface area contributed by atoms with Crippen molar-refractivity contribution in [3.8, 4) is 17.1 Å². The summed E-state index contributed by atoms with van der Waals surface area (Å²) in [6, 6.07) is 7.62. The summed E-state index contributed by atoms with van der Waals surface area (Å²) < 4.78 is 16.4. The molecule has 3 heterocycles. The summed E-state index contributed by atoms with van der Waals surface area (Å²) in [6.45, 7) is 4.99. The first-order chi connectivity index (χ1) is 15.1. The highest BCUT2D eigenvalue weighted by Crippen LogP contribution is 2.35. The molecule has 0 saturated carbocycles. The molecule has 166 valence electrons. The minimum absolute atomic E-state index is 0.335. The van der Waals surface area contributed by atoms with E-state index in [1.54, 1.807) is 50.7 Å². The number of aliphatic hydroxyl groups is 1. The fourth-order valence-corrected chi connectivity index (χ4v) is 4.02. The Kier molecular flexibility index (Phi) is 5.66. The molecule has 1 aromatic carbocycles. The van der Waals surface area contributed by atoms with Crippen LogP contribution in [-0.2, 0) is 12.6 Å². The molecule has 0 radical (unpaired) electrons. The molecule has 32 heavy (non-hydrogen) atoms. The first-order valence-corrected chi connectivity index (χ1v) is 10.4. The summed E-state index contributed by atoms with van der Waals surface area (Å²) in [5.74, 6) is 0.848.